The number of carbonyl (C=O) groups is 1. The van der Waals surface area contributed by atoms with Crippen LogP contribution in [0.15, 0.2) is 23.1 Å². The predicted octanol–water partition coefficient (Wildman–Crippen LogP) is -1.10. The van der Waals surface area contributed by atoms with Crippen LogP contribution in [-0.4, -0.2) is 20.9 Å². The third kappa shape index (κ3) is 3.17. The van der Waals surface area contributed by atoms with Crippen molar-refractivity contribution in [3.8, 4) is 6.07 Å². The first-order chi connectivity index (χ1) is 7.86. The zero-order chi connectivity index (χ0) is 13.1. The van der Waals surface area contributed by atoms with Gasteiger partial charge in [0.25, 0.3) is 0 Å². The Hall–Kier alpha value is -2.11. The normalized spacial score (nSPS) is 10.8. The van der Waals surface area contributed by atoms with Gasteiger partial charge in [-0.2, -0.15) is 5.26 Å². The molecule has 0 saturated heterocycles. The van der Waals surface area contributed by atoms with Crippen molar-refractivity contribution in [1.29, 1.82) is 5.26 Å². The summed E-state index contributed by atoms with van der Waals surface area (Å²) in [7, 11) is -3.90. The molecule has 0 spiro atoms. The van der Waals surface area contributed by atoms with Crippen molar-refractivity contribution in [1.82, 2.24) is 4.72 Å². The average molecular weight is 254 g/mol. The molecule has 8 heteroatoms. The van der Waals surface area contributed by atoms with Crippen molar-refractivity contribution in [2.75, 3.05) is 12.3 Å². The predicted molar refractivity (Wildman–Crippen MR) is 60.0 cm³/mol. The summed E-state index contributed by atoms with van der Waals surface area (Å²) < 4.78 is 25.3. The summed E-state index contributed by atoms with van der Waals surface area (Å²) in [6, 6.07) is 5.57. The molecule has 7 nitrogen and oxygen atoms in total. The Morgan fingerprint density at radius 2 is 2.12 bits per heavy atom. The average Bonchev–Trinajstić information content (AvgIpc) is 2.26. The van der Waals surface area contributed by atoms with Gasteiger partial charge >= 0.3 is 0 Å². The molecule has 0 bridgehead atoms. The van der Waals surface area contributed by atoms with Crippen LogP contribution in [0.5, 0.6) is 0 Å². The lowest BCUT2D eigenvalue weighted by molar-refractivity contribution is -0.116. The van der Waals surface area contributed by atoms with Gasteiger partial charge in [0.1, 0.15) is 4.90 Å². The highest BCUT2D eigenvalue weighted by atomic mass is 32.2. The highest BCUT2D eigenvalue weighted by molar-refractivity contribution is 7.89. The van der Waals surface area contributed by atoms with Crippen molar-refractivity contribution in [2.24, 2.45) is 5.73 Å². The first kappa shape index (κ1) is 13.0. The Kier molecular flexibility index (Phi) is 3.67. The summed E-state index contributed by atoms with van der Waals surface area (Å²) in [5.41, 5.74) is 10.5. The number of nitriles is 1. The lowest BCUT2D eigenvalue weighted by Crippen LogP contribution is -2.33. The van der Waals surface area contributed by atoms with Crippen molar-refractivity contribution < 1.29 is 13.2 Å². The van der Waals surface area contributed by atoms with Crippen LogP contribution in [0.25, 0.3) is 0 Å². The first-order valence-electron chi connectivity index (χ1n) is 4.44. The van der Waals surface area contributed by atoms with Crippen LogP contribution >= 0.6 is 0 Å². The number of nitrogen functional groups attached to an aromatic ring is 1. The van der Waals surface area contributed by atoms with Crippen LogP contribution in [0.3, 0.4) is 0 Å². The Bertz CT molecular complexity index is 589. The second-order valence-corrected chi connectivity index (χ2v) is 4.89. The maximum atomic E-state index is 11.7. The van der Waals surface area contributed by atoms with Gasteiger partial charge in [0.15, 0.2) is 0 Å². The smallest absolute Gasteiger partial charge is 0.243 e. The van der Waals surface area contributed by atoms with Crippen LogP contribution in [0.4, 0.5) is 5.69 Å². The fourth-order valence-electron chi connectivity index (χ4n) is 1.11. The first-order valence-corrected chi connectivity index (χ1v) is 5.92. The summed E-state index contributed by atoms with van der Waals surface area (Å²) in [5, 5.41) is 8.60. The third-order valence-electron chi connectivity index (χ3n) is 1.86. The topological polar surface area (TPSA) is 139 Å². The summed E-state index contributed by atoms with van der Waals surface area (Å²) in [6.07, 6.45) is 0. The molecule has 0 aliphatic heterocycles. The van der Waals surface area contributed by atoms with E-state index in [0.29, 0.717) is 0 Å². The van der Waals surface area contributed by atoms with E-state index >= 15 is 0 Å². The van der Waals surface area contributed by atoms with Crippen molar-refractivity contribution in [3.63, 3.8) is 0 Å². The molecule has 17 heavy (non-hydrogen) atoms. The number of hydrogen-bond acceptors (Lipinski definition) is 5. The van der Waals surface area contributed by atoms with Crippen LogP contribution in [-0.2, 0) is 14.8 Å². The highest BCUT2D eigenvalue weighted by Crippen LogP contribution is 2.18. The van der Waals surface area contributed by atoms with Gasteiger partial charge < -0.3 is 11.5 Å². The number of nitrogens with two attached hydrogens (primary N) is 2. The van der Waals surface area contributed by atoms with Crippen LogP contribution < -0.4 is 16.2 Å². The second kappa shape index (κ2) is 4.82. The molecular formula is C9H10N4O3S. The number of carbonyl (C=O) groups excluding carboxylic acids is 1. The highest BCUT2D eigenvalue weighted by Gasteiger charge is 2.17. The van der Waals surface area contributed by atoms with Gasteiger partial charge in [-0.25, -0.2) is 13.1 Å². The number of anilines is 1. The molecule has 0 heterocycles. The zero-order valence-electron chi connectivity index (χ0n) is 8.67. The number of nitrogens with zero attached hydrogens (tertiary/aromatic N) is 1. The van der Waals surface area contributed by atoms with Gasteiger partial charge in [-0.15, -0.1) is 0 Å². The molecule has 0 aliphatic rings. The Morgan fingerprint density at radius 1 is 1.47 bits per heavy atom. The quantitative estimate of drug-likeness (QED) is 0.585. The summed E-state index contributed by atoms with van der Waals surface area (Å²) in [6.45, 7) is -0.512. The van der Waals surface area contributed by atoms with Gasteiger partial charge in [0, 0.05) is 0 Å². The van der Waals surface area contributed by atoms with E-state index in [1.165, 1.54) is 18.2 Å². The molecule has 0 fully saturated rings. The molecule has 0 atom stereocenters. The third-order valence-corrected chi connectivity index (χ3v) is 3.34. The van der Waals surface area contributed by atoms with Crippen LogP contribution in [0, 0.1) is 11.3 Å². The Balaban J connectivity index is 3.08. The van der Waals surface area contributed by atoms with Crippen molar-refractivity contribution in [2.45, 2.75) is 4.90 Å². The van der Waals surface area contributed by atoms with E-state index in [2.05, 4.69) is 0 Å². The SMILES string of the molecule is N#Cc1ccc(S(=O)(=O)NCC(N)=O)c(N)c1. The van der Waals surface area contributed by atoms with E-state index in [-0.39, 0.29) is 16.1 Å². The minimum Gasteiger partial charge on any atom is -0.398 e. The van der Waals surface area contributed by atoms with E-state index in [0.717, 1.165) is 0 Å². The van der Waals surface area contributed by atoms with Crippen molar-refractivity contribution in [3.05, 3.63) is 23.8 Å². The van der Waals surface area contributed by atoms with Crippen LogP contribution in [0.1, 0.15) is 5.56 Å². The van der Waals surface area contributed by atoms with E-state index in [9.17, 15) is 13.2 Å². The van der Waals surface area contributed by atoms with Crippen molar-refractivity contribution >= 4 is 21.6 Å². The van der Waals surface area contributed by atoms with Gasteiger partial charge in [-0.1, -0.05) is 0 Å². The maximum Gasteiger partial charge on any atom is 0.243 e. The Labute approximate surface area is 98.1 Å². The molecule has 90 valence electrons. The number of primary amides is 1. The van der Waals surface area contributed by atoms with Gasteiger partial charge in [0.05, 0.1) is 23.9 Å². The summed E-state index contributed by atoms with van der Waals surface area (Å²) in [5.74, 6) is -0.805. The molecule has 1 aromatic rings. The summed E-state index contributed by atoms with van der Waals surface area (Å²) >= 11 is 0. The molecule has 0 radical (unpaired) electrons. The molecule has 1 aromatic carbocycles. The largest absolute Gasteiger partial charge is 0.398 e. The number of sulfonamides is 1. The minimum absolute atomic E-state index is 0.0685. The molecule has 0 unspecified atom stereocenters. The number of nitrogens with one attached hydrogen (secondary N) is 1. The molecule has 1 amide bonds. The molecule has 5 N–H and O–H groups in total. The fourth-order valence-corrected chi connectivity index (χ4v) is 2.21. The number of amides is 1. The van der Waals surface area contributed by atoms with E-state index in [1.54, 1.807) is 0 Å². The standard InChI is InChI=1S/C9H10N4O3S/c10-4-6-1-2-8(7(11)3-6)17(15,16)13-5-9(12)14/h1-3,13H,5,11H2,(H2,12,14). The molecule has 1 rings (SSSR count). The van der Waals surface area contributed by atoms with Gasteiger partial charge in [0.2, 0.25) is 15.9 Å². The molecule has 0 aliphatic carbocycles. The van der Waals surface area contributed by atoms with Crippen LogP contribution in [0.2, 0.25) is 0 Å². The number of benzene rings is 1. The maximum absolute atomic E-state index is 11.7. The lowest BCUT2D eigenvalue weighted by Gasteiger charge is -2.07. The zero-order valence-corrected chi connectivity index (χ0v) is 9.49. The second-order valence-electron chi connectivity index (χ2n) is 3.16. The van der Waals surface area contributed by atoms with E-state index in [1.807, 2.05) is 10.8 Å². The number of rotatable bonds is 4. The Morgan fingerprint density at radius 3 is 2.59 bits per heavy atom. The molecular weight excluding hydrogens is 244 g/mol. The van der Waals surface area contributed by atoms with E-state index < -0.39 is 22.5 Å². The van der Waals surface area contributed by atoms with Gasteiger partial charge in [-0.05, 0) is 18.2 Å². The monoisotopic (exact) mass is 254 g/mol. The molecule has 0 saturated carbocycles. The van der Waals surface area contributed by atoms with Gasteiger partial charge in [-0.3, -0.25) is 4.79 Å². The van der Waals surface area contributed by atoms with E-state index in [4.69, 9.17) is 16.7 Å². The number of hydrogen-bond donors (Lipinski definition) is 3. The lowest BCUT2D eigenvalue weighted by atomic mass is 10.2. The summed E-state index contributed by atoms with van der Waals surface area (Å²) in [4.78, 5) is 10.3. The fraction of sp³-hybridized carbons (Fsp3) is 0.111. The minimum atomic E-state index is -3.90. The molecule has 0 aromatic heterocycles.